The summed E-state index contributed by atoms with van der Waals surface area (Å²) >= 11 is 0. The van der Waals surface area contributed by atoms with Gasteiger partial charge in [0.05, 0.1) is 0 Å². The molecule has 0 bridgehead atoms. The van der Waals surface area contributed by atoms with E-state index in [-0.39, 0.29) is 17.5 Å². The van der Waals surface area contributed by atoms with Gasteiger partial charge in [-0.15, -0.1) is 0 Å². The fraction of sp³-hybridized carbons (Fsp3) is 0.667. The molecule has 0 N–H and O–H groups in total. The maximum atomic E-state index is 11.0. The molecule has 1 aliphatic rings. The highest BCUT2D eigenvalue weighted by Gasteiger charge is 2.49. The van der Waals surface area contributed by atoms with E-state index in [9.17, 15) is 4.79 Å². The van der Waals surface area contributed by atoms with Crippen LogP contribution in [0.3, 0.4) is 0 Å². The fourth-order valence-corrected chi connectivity index (χ4v) is 0.850. The molecule has 1 aliphatic carbocycles. The van der Waals surface area contributed by atoms with Gasteiger partial charge in [-0.05, 0) is 13.3 Å². The van der Waals surface area contributed by atoms with Crippen LogP contribution in [-0.2, 0) is 9.53 Å². The number of hydrogen-bond donors (Lipinski definition) is 0. The van der Waals surface area contributed by atoms with Crippen molar-refractivity contribution in [3.8, 4) is 0 Å². The van der Waals surface area contributed by atoms with Gasteiger partial charge in [-0.1, -0.05) is 20.4 Å². The second-order valence-electron chi connectivity index (χ2n) is 3.87. The number of ether oxygens (including phenoxy) is 1. The van der Waals surface area contributed by atoms with Gasteiger partial charge in [-0.3, -0.25) is 0 Å². The van der Waals surface area contributed by atoms with Crippen molar-refractivity contribution in [3.63, 3.8) is 0 Å². The lowest BCUT2D eigenvalue weighted by Crippen LogP contribution is -2.10. The van der Waals surface area contributed by atoms with E-state index in [4.69, 9.17) is 4.74 Å². The number of carbonyl (C=O) groups excluding carboxylic acids is 1. The minimum Gasteiger partial charge on any atom is -0.458 e. The van der Waals surface area contributed by atoms with Crippen LogP contribution in [0.2, 0.25) is 0 Å². The summed E-state index contributed by atoms with van der Waals surface area (Å²) in [6, 6.07) is 0. The highest BCUT2D eigenvalue weighted by molar-refractivity contribution is 5.87. The highest BCUT2D eigenvalue weighted by Crippen LogP contribution is 2.47. The third kappa shape index (κ3) is 1.82. The number of hydrogen-bond acceptors (Lipinski definition) is 2. The van der Waals surface area contributed by atoms with Gasteiger partial charge in [0.25, 0.3) is 0 Å². The SMILES string of the molecule is C=C(C)C(=O)OC1CC1(C)C. The van der Waals surface area contributed by atoms with E-state index in [1.165, 1.54) is 0 Å². The van der Waals surface area contributed by atoms with Crippen molar-refractivity contribution >= 4 is 5.97 Å². The van der Waals surface area contributed by atoms with Crippen LogP contribution in [0.15, 0.2) is 12.2 Å². The van der Waals surface area contributed by atoms with Crippen LogP contribution in [0.25, 0.3) is 0 Å². The summed E-state index contributed by atoms with van der Waals surface area (Å²) < 4.78 is 5.10. The van der Waals surface area contributed by atoms with Crippen molar-refractivity contribution in [1.29, 1.82) is 0 Å². The van der Waals surface area contributed by atoms with Crippen LogP contribution < -0.4 is 0 Å². The van der Waals surface area contributed by atoms with Gasteiger partial charge in [0.1, 0.15) is 6.10 Å². The second-order valence-corrected chi connectivity index (χ2v) is 3.87. The van der Waals surface area contributed by atoms with Gasteiger partial charge in [-0.2, -0.15) is 0 Å². The number of carbonyl (C=O) groups is 1. The molecule has 1 unspecified atom stereocenters. The third-order valence-electron chi connectivity index (χ3n) is 2.02. The van der Waals surface area contributed by atoms with E-state index >= 15 is 0 Å². The Morgan fingerprint density at radius 1 is 1.64 bits per heavy atom. The van der Waals surface area contributed by atoms with Crippen LogP contribution in [0, 0.1) is 5.41 Å². The van der Waals surface area contributed by atoms with Crippen LogP contribution >= 0.6 is 0 Å². The first-order chi connectivity index (χ1) is 4.93. The molecule has 0 aromatic carbocycles. The molecule has 0 heterocycles. The molecule has 0 saturated heterocycles. The molecule has 2 heteroatoms. The maximum Gasteiger partial charge on any atom is 0.333 e. The summed E-state index contributed by atoms with van der Waals surface area (Å²) in [5, 5.41) is 0. The topological polar surface area (TPSA) is 26.3 Å². The molecular formula is C9H14O2. The van der Waals surface area contributed by atoms with E-state index in [0.29, 0.717) is 5.57 Å². The Bertz CT molecular complexity index is 204. The normalized spacial score (nSPS) is 25.9. The Hall–Kier alpha value is -0.790. The standard InChI is InChI=1S/C9H14O2/c1-6(2)8(10)11-7-5-9(7,3)4/h7H,1,5H2,2-4H3. The smallest absolute Gasteiger partial charge is 0.333 e. The zero-order valence-corrected chi connectivity index (χ0v) is 7.31. The highest BCUT2D eigenvalue weighted by atomic mass is 16.5. The van der Waals surface area contributed by atoms with Crippen LogP contribution in [0.5, 0.6) is 0 Å². The summed E-state index contributed by atoms with van der Waals surface area (Å²) in [5.41, 5.74) is 0.679. The van der Waals surface area contributed by atoms with Crippen LogP contribution in [0.4, 0.5) is 0 Å². The van der Waals surface area contributed by atoms with Crippen molar-refractivity contribution in [2.24, 2.45) is 5.41 Å². The summed E-state index contributed by atoms with van der Waals surface area (Å²) in [7, 11) is 0. The van der Waals surface area contributed by atoms with Gasteiger partial charge < -0.3 is 4.74 Å². The van der Waals surface area contributed by atoms with Crippen molar-refractivity contribution in [2.45, 2.75) is 33.3 Å². The zero-order valence-electron chi connectivity index (χ0n) is 7.31. The van der Waals surface area contributed by atoms with Gasteiger partial charge in [0.2, 0.25) is 0 Å². The molecule has 0 aromatic rings. The van der Waals surface area contributed by atoms with Crippen molar-refractivity contribution < 1.29 is 9.53 Å². The molecular weight excluding hydrogens is 140 g/mol. The molecule has 0 radical (unpaired) electrons. The number of rotatable bonds is 2. The summed E-state index contributed by atoms with van der Waals surface area (Å²) in [4.78, 5) is 11.0. The van der Waals surface area contributed by atoms with Crippen molar-refractivity contribution in [3.05, 3.63) is 12.2 Å². The van der Waals surface area contributed by atoms with E-state index < -0.39 is 0 Å². The first-order valence-corrected chi connectivity index (χ1v) is 3.80. The lowest BCUT2D eigenvalue weighted by Gasteiger charge is -2.04. The molecule has 1 fully saturated rings. The minimum absolute atomic E-state index is 0.117. The molecule has 11 heavy (non-hydrogen) atoms. The molecule has 1 atom stereocenters. The average molecular weight is 154 g/mol. The van der Waals surface area contributed by atoms with Crippen LogP contribution in [-0.4, -0.2) is 12.1 Å². The molecule has 0 spiro atoms. The Kier molecular flexibility index (Phi) is 1.78. The van der Waals surface area contributed by atoms with E-state index in [1.54, 1.807) is 6.92 Å². The lowest BCUT2D eigenvalue weighted by atomic mass is 10.2. The maximum absolute atomic E-state index is 11.0. The second kappa shape index (κ2) is 2.36. The van der Waals surface area contributed by atoms with Crippen molar-refractivity contribution in [1.82, 2.24) is 0 Å². The van der Waals surface area contributed by atoms with E-state index in [1.807, 2.05) is 0 Å². The molecule has 1 rings (SSSR count). The van der Waals surface area contributed by atoms with Crippen LogP contribution in [0.1, 0.15) is 27.2 Å². The van der Waals surface area contributed by atoms with Gasteiger partial charge in [0, 0.05) is 11.0 Å². The molecule has 0 aliphatic heterocycles. The lowest BCUT2D eigenvalue weighted by molar-refractivity contribution is -0.141. The molecule has 0 amide bonds. The molecule has 0 aromatic heterocycles. The Balaban J connectivity index is 2.35. The molecule has 62 valence electrons. The zero-order chi connectivity index (χ0) is 8.65. The quantitative estimate of drug-likeness (QED) is 0.448. The predicted octanol–water partition coefficient (Wildman–Crippen LogP) is 1.90. The van der Waals surface area contributed by atoms with Crippen molar-refractivity contribution in [2.75, 3.05) is 0 Å². The number of esters is 1. The first-order valence-electron chi connectivity index (χ1n) is 3.80. The van der Waals surface area contributed by atoms with E-state index in [2.05, 4.69) is 20.4 Å². The molecule has 1 saturated carbocycles. The largest absolute Gasteiger partial charge is 0.458 e. The average Bonchev–Trinajstić information content (AvgIpc) is 2.39. The fourth-order valence-electron chi connectivity index (χ4n) is 0.850. The summed E-state index contributed by atoms with van der Waals surface area (Å²) in [5.74, 6) is -0.263. The third-order valence-corrected chi connectivity index (χ3v) is 2.02. The summed E-state index contributed by atoms with van der Waals surface area (Å²) in [6.45, 7) is 9.35. The minimum atomic E-state index is -0.263. The Morgan fingerprint density at radius 3 is 2.36 bits per heavy atom. The summed E-state index contributed by atoms with van der Waals surface area (Å²) in [6.07, 6.45) is 1.10. The van der Waals surface area contributed by atoms with Gasteiger partial charge in [0.15, 0.2) is 0 Å². The Morgan fingerprint density at radius 2 is 2.09 bits per heavy atom. The van der Waals surface area contributed by atoms with Gasteiger partial charge >= 0.3 is 5.97 Å². The monoisotopic (exact) mass is 154 g/mol. The van der Waals surface area contributed by atoms with Gasteiger partial charge in [-0.25, -0.2) is 4.79 Å². The first kappa shape index (κ1) is 8.31. The molecule has 2 nitrogen and oxygen atoms in total. The van der Waals surface area contributed by atoms with E-state index in [0.717, 1.165) is 6.42 Å². The Labute approximate surface area is 67.2 Å². The predicted molar refractivity (Wildman–Crippen MR) is 43.1 cm³/mol.